The summed E-state index contributed by atoms with van der Waals surface area (Å²) in [6.45, 7) is 1.74. The van der Waals surface area contributed by atoms with Crippen molar-refractivity contribution in [1.82, 2.24) is 9.62 Å². The average molecular weight is 384 g/mol. The summed E-state index contributed by atoms with van der Waals surface area (Å²) in [6, 6.07) is 5.98. The largest absolute Gasteiger partial charge is 0.481 e. The quantitative estimate of drug-likeness (QED) is 0.616. The summed E-state index contributed by atoms with van der Waals surface area (Å²) in [5.41, 5.74) is 0.282. The lowest BCUT2D eigenvalue weighted by Crippen LogP contribution is -2.40. The Morgan fingerprint density at radius 1 is 1.15 bits per heavy atom. The van der Waals surface area contributed by atoms with Crippen molar-refractivity contribution in [3.63, 3.8) is 0 Å². The highest BCUT2D eigenvalue weighted by atomic mass is 32.2. The number of ether oxygens (including phenoxy) is 1. The second kappa shape index (κ2) is 9.65. The number of rotatable bonds is 9. The molecule has 0 unspecified atom stereocenters. The van der Waals surface area contributed by atoms with Gasteiger partial charge >= 0.3 is 5.97 Å². The van der Waals surface area contributed by atoms with Gasteiger partial charge in [0.1, 0.15) is 0 Å². The highest BCUT2D eigenvalue weighted by molar-refractivity contribution is 7.89. The van der Waals surface area contributed by atoms with Crippen LogP contribution in [0.25, 0.3) is 0 Å². The van der Waals surface area contributed by atoms with Gasteiger partial charge in [-0.05, 0) is 31.0 Å². The van der Waals surface area contributed by atoms with E-state index in [9.17, 15) is 18.0 Å². The maximum Gasteiger partial charge on any atom is 0.303 e. The molecule has 1 amide bonds. The molecule has 1 fully saturated rings. The predicted octanol–water partition coefficient (Wildman–Crippen LogP) is 1.08. The fourth-order valence-electron chi connectivity index (χ4n) is 2.62. The molecule has 1 aliphatic heterocycles. The van der Waals surface area contributed by atoms with E-state index < -0.39 is 16.0 Å². The van der Waals surface area contributed by atoms with E-state index in [-0.39, 0.29) is 22.8 Å². The normalized spacial score (nSPS) is 15.5. The number of unbranched alkanes of at least 4 members (excludes halogenated alkanes) is 2. The number of sulfonamides is 1. The van der Waals surface area contributed by atoms with E-state index in [1.165, 1.54) is 16.4 Å². The molecule has 26 heavy (non-hydrogen) atoms. The van der Waals surface area contributed by atoms with Gasteiger partial charge in [0.15, 0.2) is 0 Å². The molecule has 0 aliphatic carbocycles. The maximum absolute atomic E-state index is 12.6. The zero-order valence-corrected chi connectivity index (χ0v) is 15.3. The first kappa shape index (κ1) is 20.3. The van der Waals surface area contributed by atoms with Gasteiger partial charge in [0.05, 0.1) is 18.1 Å². The van der Waals surface area contributed by atoms with Gasteiger partial charge in [-0.15, -0.1) is 0 Å². The van der Waals surface area contributed by atoms with Crippen LogP contribution in [0.15, 0.2) is 29.2 Å². The monoisotopic (exact) mass is 384 g/mol. The lowest BCUT2D eigenvalue weighted by Gasteiger charge is -2.26. The molecule has 0 radical (unpaired) electrons. The zero-order valence-electron chi connectivity index (χ0n) is 14.5. The van der Waals surface area contributed by atoms with Crippen molar-refractivity contribution in [3.05, 3.63) is 29.8 Å². The minimum absolute atomic E-state index is 0.0912. The summed E-state index contributed by atoms with van der Waals surface area (Å²) in [7, 11) is -3.64. The summed E-state index contributed by atoms with van der Waals surface area (Å²) in [6.07, 6.45) is 2.07. The first-order valence-electron chi connectivity index (χ1n) is 8.59. The Kier molecular flexibility index (Phi) is 7.55. The highest BCUT2D eigenvalue weighted by Gasteiger charge is 2.26. The van der Waals surface area contributed by atoms with Crippen molar-refractivity contribution < 1.29 is 27.9 Å². The number of morpholine rings is 1. The molecule has 1 aromatic carbocycles. The van der Waals surface area contributed by atoms with Crippen LogP contribution in [-0.2, 0) is 19.6 Å². The van der Waals surface area contributed by atoms with Gasteiger partial charge in [-0.3, -0.25) is 9.59 Å². The SMILES string of the molecule is O=C(O)CCCCCNC(=O)c1cccc(S(=O)(=O)N2CCOCC2)c1. The van der Waals surface area contributed by atoms with Gasteiger partial charge in [0.2, 0.25) is 10.0 Å². The molecule has 0 atom stereocenters. The summed E-state index contributed by atoms with van der Waals surface area (Å²) in [4.78, 5) is 22.7. The van der Waals surface area contributed by atoms with E-state index in [4.69, 9.17) is 9.84 Å². The summed E-state index contributed by atoms with van der Waals surface area (Å²) in [5, 5.41) is 11.3. The number of benzene rings is 1. The van der Waals surface area contributed by atoms with Crippen LogP contribution in [0.4, 0.5) is 0 Å². The number of carboxylic acids is 1. The lowest BCUT2D eigenvalue weighted by molar-refractivity contribution is -0.137. The molecule has 1 aliphatic rings. The van der Waals surface area contributed by atoms with Crippen LogP contribution in [0.1, 0.15) is 36.0 Å². The average Bonchev–Trinajstić information content (AvgIpc) is 2.65. The molecule has 0 saturated carbocycles. The molecule has 0 spiro atoms. The van der Waals surface area contributed by atoms with Crippen molar-refractivity contribution in [2.24, 2.45) is 0 Å². The number of carbonyl (C=O) groups excluding carboxylic acids is 1. The van der Waals surface area contributed by atoms with Gasteiger partial charge in [-0.2, -0.15) is 4.31 Å². The van der Waals surface area contributed by atoms with Crippen molar-refractivity contribution in [3.8, 4) is 0 Å². The molecule has 9 heteroatoms. The molecule has 0 bridgehead atoms. The number of carbonyl (C=O) groups is 2. The van der Waals surface area contributed by atoms with Crippen LogP contribution in [0.2, 0.25) is 0 Å². The van der Waals surface area contributed by atoms with Crippen LogP contribution in [0.3, 0.4) is 0 Å². The van der Waals surface area contributed by atoms with Crippen molar-refractivity contribution in [1.29, 1.82) is 0 Å². The van der Waals surface area contributed by atoms with E-state index in [0.29, 0.717) is 52.1 Å². The summed E-state index contributed by atoms with van der Waals surface area (Å²) in [5.74, 6) is -1.17. The Hall–Kier alpha value is -1.97. The third-order valence-electron chi connectivity index (χ3n) is 4.06. The smallest absolute Gasteiger partial charge is 0.303 e. The molecular weight excluding hydrogens is 360 g/mol. The van der Waals surface area contributed by atoms with E-state index in [1.54, 1.807) is 12.1 Å². The van der Waals surface area contributed by atoms with Gasteiger partial charge in [-0.25, -0.2) is 8.42 Å². The fourth-order valence-corrected chi connectivity index (χ4v) is 4.07. The standard InChI is InChI=1S/C17H24N2O6S/c20-16(21)7-2-1-3-8-18-17(22)14-5-4-6-15(13-14)26(23,24)19-9-11-25-12-10-19/h4-6,13H,1-3,7-12H2,(H,18,22)(H,20,21). The Balaban J connectivity index is 1.91. The number of hydrogen-bond acceptors (Lipinski definition) is 5. The third kappa shape index (κ3) is 5.79. The van der Waals surface area contributed by atoms with Gasteiger partial charge in [0.25, 0.3) is 5.91 Å². The third-order valence-corrected chi connectivity index (χ3v) is 5.95. The molecule has 1 heterocycles. The summed E-state index contributed by atoms with van der Waals surface area (Å²) < 4.78 is 31.8. The Morgan fingerprint density at radius 3 is 2.58 bits per heavy atom. The number of nitrogens with zero attached hydrogens (tertiary/aromatic N) is 1. The van der Waals surface area contributed by atoms with Gasteiger partial charge in [0, 0.05) is 31.6 Å². The Bertz CT molecular complexity index is 729. The van der Waals surface area contributed by atoms with Crippen LogP contribution >= 0.6 is 0 Å². The van der Waals surface area contributed by atoms with Crippen molar-refractivity contribution >= 4 is 21.9 Å². The van der Waals surface area contributed by atoms with Crippen molar-refractivity contribution in [2.45, 2.75) is 30.6 Å². The fraction of sp³-hybridized carbons (Fsp3) is 0.529. The molecule has 1 aromatic rings. The molecule has 2 N–H and O–H groups in total. The predicted molar refractivity (Wildman–Crippen MR) is 94.5 cm³/mol. The second-order valence-electron chi connectivity index (χ2n) is 6.00. The molecule has 2 rings (SSSR count). The first-order valence-corrected chi connectivity index (χ1v) is 10.0. The van der Waals surface area contributed by atoms with E-state index >= 15 is 0 Å². The number of carboxylic acid groups (broad SMARTS) is 1. The Morgan fingerprint density at radius 2 is 1.88 bits per heavy atom. The minimum atomic E-state index is -3.64. The number of amides is 1. The van der Waals surface area contributed by atoms with Crippen LogP contribution < -0.4 is 5.32 Å². The first-order chi connectivity index (χ1) is 12.4. The Labute approximate surface area is 153 Å². The van der Waals surface area contributed by atoms with Crippen LogP contribution in [-0.4, -0.2) is 62.6 Å². The van der Waals surface area contributed by atoms with Crippen LogP contribution in [0.5, 0.6) is 0 Å². The van der Waals surface area contributed by atoms with E-state index in [0.717, 1.165) is 0 Å². The second-order valence-corrected chi connectivity index (χ2v) is 7.94. The highest BCUT2D eigenvalue weighted by Crippen LogP contribution is 2.18. The molecule has 0 aromatic heterocycles. The number of aliphatic carboxylic acids is 1. The topological polar surface area (TPSA) is 113 Å². The minimum Gasteiger partial charge on any atom is -0.481 e. The van der Waals surface area contributed by atoms with E-state index in [2.05, 4.69) is 5.32 Å². The molecule has 8 nitrogen and oxygen atoms in total. The lowest BCUT2D eigenvalue weighted by atomic mass is 10.2. The van der Waals surface area contributed by atoms with Crippen LogP contribution in [0, 0.1) is 0 Å². The van der Waals surface area contributed by atoms with Crippen molar-refractivity contribution in [2.75, 3.05) is 32.8 Å². The maximum atomic E-state index is 12.6. The van der Waals surface area contributed by atoms with E-state index in [1.807, 2.05) is 0 Å². The summed E-state index contributed by atoms with van der Waals surface area (Å²) >= 11 is 0. The number of hydrogen-bond donors (Lipinski definition) is 2. The molecular formula is C17H24N2O6S. The molecule has 144 valence electrons. The number of nitrogens with one attached hydrogen (secondary N) is 1. The zero-order chi connectivity index (χ0) is 19.0. The molecule has 1 saturated heterocycles. The van der Waals surface area contributed by atoms with Gasteiger partial charge < -0.3 is 15.2 Å². The van der Waals surface area contributed by atoms with Gasteiger partial charge in [-0.1, -0.05) is 12.5 Å².